The molecule has 0 bridgehead atoms. The number of aromatic nitrogens is 4. The number of benzene rings is 1. The normalized spacial score (nSPS) is 10.4. The molecule has 12 heteroatoms. The zero-order valence-corrected chi connectivity index (χ0v) is 21.6. The Morgan fingerprint density at radius 2 is 1.33 bits per heavy atom. The summed E-state index contributed by atoms with van der Waals surface area (Å²) in [6.07, 6.45) is 7.45. The Morgan fingerprint density at radius 1 is 0.833 bits per heavy atom. The maximum atomic E-state index is 11.0. The minimum Gasteiger partial charge on any atom is -1.00 e. The first-order chi connectivity index (χ1) is 16.7. The van der Waals surface area contributed by atoms with E-state index in [0.717, 1.165) is 11.4 Å². The fraction of sp³-hybridized carbons (Fsp3) is 0.167. The van der Waals surface area contributed by atoms with Gasteiger partial charge in [-0.2, -0.15) is 0 Å². The Labute approximate surface area is 220 Å². The van der Waals surface area contributed by atoms with Crippen LogP contribution in [0, 0.1) is 10.1 Å². The number of anilines is 2. The van der Waals surface area contributed by atoms with Crippen molar-refractivity contribution in [2.24, 2.45) is 0 Å². The molecule has 0 radical (unpaired) electrons. The predicted octanol–water partition coefficient (Wildman–Crippen LogP) is 1.06. The van der Waals surface area contributed by atoms with Crippen LogP contribution in [0.5, 0.6) is 0 Å². The Kier molecular flexibility index (Phi) is 8.23. The van der Waals surface area contributed by atoms with Gasteiger partial charge in [-0.1, -0.05) is 23.7 Å². The number of nitro benzene ring substituents is 1. The van der Waals surface area contributed by atoms with Gasteiger partial charge in [0.25, 0.3) is 5.69 Å². The molecule has 0 aliphatic heterocycles. The van der Waals surface area contributed by atoms with Gasteiger partial charge in [0, 0.05) is 63.8 Å². The number of pyridine rings is 2. The van der Waals surface area contributed by atoms with Crippen LogP contribution < -0.4 is 31.3 Å². The number of halogens is 2. The van der Waals surface area contributed by atoms with Gasteiger partial charge in [-0.3, -0.25) is 10.1 Å². The van der Waals surface area contributed by atoms with Crippen LogP contribution >= 0.6 is 11.6 Å². The molecule has 4 aromatic rings. The molecular formula is C24H24Cl2N8O2. The molecule has 3 heterocycles. The molecule has 10 nitrogen and oxygen atoms in total. The Hall–Kier alpha value is -4.02. The summed E-state index contributed by atoms with van der Waals surface area (Å²) >= 11 is 6.73. The first-order valence-electron chi connectivity index (χ1n) is 10.6. The van der Waals surface area contributed by atoms with Crippen LogP contribution in [0.3, 0.4) is 0 Å². The zero-order valence-electron chi connectivity index (χ0n) is 20.1. The summed E-state index contributed by atoms with van der Waals surface area (Å²) in [5.74, 6) is 1.07. The minimum absolute atomic E-state index is 0. The molecule has 0 saturated heterocycles. The van der Waals surface area contributed by atoms with Gasteiger partial charge in [-0.15, -0.1) is 0 Å². The van der Waals surface area contributed by atoms with Crippen LogP contribution in [0.1, 0.15) is 0 Å². The fourth-order valence-corrected chi connectivity index (χ4v) is 3.48. The molecular weight excluding hydrogens is 503 g/mol. The summed E-state index contributed by atoms with van der Waals surface area (Å²) in [6, 6.07) is 13.7. The van der Waals surface area contributed by atoms with Gasteiger partial charge >= 0.3 is 11.8 Å². The number of rotatable bonds is 7. The second kappa shape index (κ2) is 11.1. The van der Waals surface area contributed by atoms with Crippen LogP contribution in [-0.4, -0.2) is 43.1 Å². The second-order valence-electron chi connectivity index (χ2n) is 8.09. The molecule has 0 unspecified atom stereocenters. The lowest BCUT2D eigenvalue weighted by molar-refractivity contribution is -0.614. The highest BCUT2D eigenvalue weighted by Crippen LogP contribution is 2.36. The van der Waals surface area contributed by atoms with E-state index < -0.39 is 4.92 Å². The molecule has 1 aromatic carbocycles. The molecule has 4 rings (SSSR count). The molecule has 0 atom stereocenters. The number of hydrogen-bond donors (Lipinski definition) is 0. The smallest absolute Gasteiger partial charge is 0.350 e. The SMILES string of the molecule is CN(C)c1cc[n+](-c2nc([N-]c3ccc([N+](=O)[O-])cc3)c(Cl)c(-[n+]3ccc(N(C)C)cc3)n2)cc1.[Cl-]. The van der Waals surface area contributed by atoms with Crippen molar-refractivity contribution >= 4 is 40.2 Å². The second-order valence-corrected chi connectivity index (χ2v) is 8.46. The molecule has 0 N–H and O–H groups in total. The van der Waals surface area contributed by atoms with Gasteiger partial charge in [0.2, 0.25) is 0 Å². The fourth-order valence-electron chi connectivity index (χ4n) is 3.25. The van der Waals surface area contributed by atoms with E-state index in [-0.39, 0.29) is 28.9 Å². The third-order valence-corrected chi connectivity index (χ3v) is 5.57. The van der Waals surface area contributed by atoms with Crippen LogP contribution in [0.25, 0.3) is 17.1 Å². The van der Waals surface area contributed by atoms with Crippen molar-refractivity contribution < 1.29 is 26.5 Å². The van der Waals surface area contributed by atoms with E-state index in [9.17, 15) is 10.1 Å². The summed E-state index contributed by atoms with van der Waals surface area (Å²) in [5, 5.41) is 15.8. The first-order valence-corrected chi connectivity index (χ1v) is 11.0. The van der Waals surface area contributed by atoms with E-state index in [1.807, 2.05) is 87.0 Å². The van der Waals surface area contributed by atoms with Gasteiger partial charge < -0.3 is 32.5 Å². The molecule has 0 aliphatic rings. The van der Waals surface area contributed by atoms with E-state index in [0.29, 0.717) is 17.5 Å². The monoisotopic (exact) mass is 526 g/mol. The highest BCUT2D eigenvalue weighted by atomic mass is 35.5. The lowest BCUT2D eigenvalue weighted by Gasteiger charge is -2.18. The molecule has 0 amide bonds. The van der Waals surface area contributed by atoms with E-state index in [1.54, 1.807) is 21.3 Å². The quantitative estimate of drug-likeness (QED) is 0.203. The van der Waals surface area contributed by atoms with E-state index >= 15 is 0 Å². The topological polar surface area (TPSA) is 97.3 Å². The number of nitro groups is 1. The van der Waals surface area contributed by atoms with Gasteiger partial charge in [0.1, 0.15) is 5.02 Å². The van der Waals surface area contributed by atoms with E-state index in [2.05, 4.69) is 10.3 Å². The van der Waals surface area contributed by atoms with Crippen LogP contribution in [0.2, 0.25) is 5.02 Å². The third-order valence-electron chi connectivity index (χ3n) is 5.23. The van der Waals surface area contributed by atoms with Crippen LogP contribution in [-0.2, 0) is 0 Å². The van der Waals surface area contributed by atoms with E-state index in [1.165, 1.54) is 12.1 Å². The van der Waals surface area contributed by atoms with Crippen molar-refractivity contribution in [2.75, 3.05) is 38.0 Å². The van der Waals surface area contributed by atoms with Crippen molar-refractivity contribution in [3.8, 4) is 11.8 Å². The van der Waals surface area contributed by atoms with Gasteiger partial charge in [0.05, 0.1) is 29.7 Å². The molecule has 0 fully saturated rings. The van der Waals surface area contributed by atoms with Gasteiger partial charge in [-0.05, 0) is 28.6 Å². The molecule has 0 saturated carbocycles. The lowest BCUT2D eigenvalue weighted by Crippen LogP contribution is -3.00. The molecule has 0 aliphatic carbocycles. The minimum atomic E-state index is -0.459. The summed E-state index contributed by atoms with van der Waals surface area (Å²) in [5.41, 5.74) is 2.51. The highest BCUT2D eigenvalue weighted by Gasteiger charge is 2.20. The predicted molar refractivity (Wildman–Crippen MR) is 135 cm³/mol. The van der Waals surface area contributed by atoms with Crippen molar-refractivity contribution in [1.29, 1.82) is 0 Å². The summed E-state index contributed by atoms with van der Waals surface area (Å²) in [7, 11) is 7.85. The summed E-state index contributed by atoms with van der Waals surface area (Å²) < 4.78 is 3.57. The third kappa shape index (κ3) is 5.78. The summed E-state index contributed by atoms with van der Waals surface area (Å²) in [6.45, 7) is 0. The number of hydrogen-bond acceptors (Lipinski definition) is 6. The zero-order chi connectivity index (χ0) is 25.1. The average molecular weight is 527 g/mol. The Bertz CT molecular complexity index is 1350. The maximum absolute atomic E-state index is 11.0. The van der Waals surface area contributed by atoms with Crippen LogP contribution in [0.4, 0.5) is 28.6 Å². The van der Waals surface area contributed by atoms with Crippen molar-refractivity contribution in [2.45, 2.75) is 0 Å². The lowest BCUT2D eigenvalue weighted by atomic mass is 10.3. The van der Waals surface area contributed by atoms with Crippen molar-refractivity contribution in [3.05, 3.63) is 93.8 Å². The standard InChI is InChI=1S/C24H24ClN8O2.ClH/c1-29(2)18-9-13-31(14-10-18)23-21(25)22(26-17-5-7-20(8-6-17)33(34)35)27-24(28-23)32-15-11-19(12-16-32)30(3)4;/h5-16H,1-4H3;1H/q+1;/p-1. The number of non-ortho nitro benzene ring substituents is 1. The van der Waals surface area contributed by atoms with Gasteiger partial charge in [0.15, 0.2) is 0 Å². The molecule has 3 aromatic heterocycles. The maximum Gasteiger partial charge on any atom is 0.350 e. The Morgan fingerprint density at radius 3 is 1.81 bits per heavy atom. The van der Waals surface area contributed by atoms with Crippen molar-refractivity contribution in [3.63, 3.8) is 0 Å². The Balaban J connectivity index is 0.00000361. The highest BCUT2D eigenvalue weighted by molar-refractivity contribution is 6.34. The largest absolute Gasteiger partial charge is 1.00 e. The first kappa shape index (κ1) is 26.6. The molecule has 0 spiro atoms. The number of nitrogens with zero attached hydrogens (tertiary/aromatic N) is 8. The summed E-state index contributed by atoms with van der Waals surface area (Å²) in [4.78, 5) is 23.8. The van der Waals surface area contributed by atoms with E-state index in [4.69, 9.17) is 16.6 Å². The average Bonchev–Trinajstić information content (AvgIpc) is 2.85. The molecule has 36 heavy (non-hydrogen) atoms. The van der Waals surface area contributed by atoms with Crippen molar-refractivity contribution in [1.82, 2.24) is 9.97 Å². The van der Waals surface area contributed by atoms with Gasteiger partial charge in [-0.25, -0.2) is 9.13 Å². The molecule has 186 valence electrons. The van der Waals surface area contributed by atoms with Crippen LogP contribution in [0.15, 0.2) is 73.3 Å².